The van der Waals surface area contributed by atoms with Gasteiger partial charge in [0.15, 0.2) is 28.6 Å². The van der Waals surface area contributed by atoms with Gasteiger partial charge in [-0.25, -0.2) is 4.39 Å². The van der Waals surface area contributed by atoms with E-state index in [1.54, 1.807) is 7.11 Å². The first-order chi connectivity index (χ1) is 17.0. The minimum atomic E-state index is -0.461. The fraction of sp³-hybridized carbons (Fsp3) is 0.160. The van der Waals surface area contributed by atoms with Gasteiger partial charge in [0.05, 0.1) is 18.6 Å². The van der Waals surface area contributed by atoms with E-state index >= 15 is 0 Å². The highest BCUT2D eigenvalue weighted by atomic mass is 79.9. The number of nitrogens with one attached hydrogen (secondary N) is 1. The highest BCUT2D eigenvalue weighted by Gasteiger charge is 2.22. The van der Waals surface area contributed by atoms with Gasteiger partial charge in [0.25, 0.3) is 0 Å². The van der Waals surface area contributed by atoms with E-state index in [1.807, 2.05) is 66.1 Å². The van der Waals surface area contributed by atoms with Crippen molar-refractivity contribution >= 4 is 39.3 Å². The molecule has 0 aliphatic carbocycles. The van der Waals surface area contributed by atoms with Crippen LogP contribution in [0.25, 0.3) is 5.69 Å². The van der Waals surface area contributed by atoms with Crippen LogP contribution in [-0.2, 0) is 4.79 Å². The third kappa shape index (κ3) is 6.01. The Labute approximate surface area is 214 Å². The minimum Gasteiger partial charge on any atom is -0.493 e. The molecule has 1 heterocycles. The summed E-state index contributed by atoms with van der Waals surface area (Å²) in [7, 11) is 1.59. The number of aromatic nitrogens is 3. The number of thioether (sulfide) groups is 1. The van der Waals surface area contributed by atoms with Gasteiger partial charge in [-0.2, -0.15) is 0 Å². The summed E-state index contributed by atoms with van der Waals surface area (Å²) in [5.41, 5.74) is 1.33. The van der Waals surface area contributed by atoms with Gasteiger partial charge in [0, 0.05) is 10.2 Å². The summed E-state index contributed by atoms with van der Waals surface area (Å²) in [6.07, 6.45) is -0.461. The van der Waals surface area contributed by atoms with Gasteiger partial charge in [-0.05, 0) is 65.3 Å². The Kier molecular flexibility index (Phi) is 8.04. The van der Waals surface area contributed by atoms with E-state index in [9.17, 15) is 9.18 Å². The van der Waals surface area contributed by atoms with Crippen molar-refractivity contribution in [1.29, 1.82) is 0 Å². The fourth-order valence-electron chi connectivity index (χ4n) is 3.32. The molecule has 0 saturated carbocycles. The first kappa shape index (κ1) is 24.7. The summed E-state index contributed by atoms with van der Waals surface area (Å²) in [6, 6.07) is 21.1. The molecule has 1 aromatic heterocycles. The number of carbonyl (C=O) groups is 1. The third-order valence-electron chi connectivity index (χ3n) is 4.95. The second kappa shape index (κ2) is 11.4. The van der Waals surface area contributed by atoms with Crippen molar-refractivity contribution in [2.45, 2.75) is 18.2 Å². The van der Waals surface area contributed by atoms with Crippen LogP contribution in [-0.4, -0.2) is 33.5 Å². The van der Waals surface area contributed by atoms with Crippen LogP contribution >= 0.6 is 27.7 Å². The van der Waals surface area contributed by atoms with Crippen molar-refractivity contribution in [3.05, 3.63) is 88.9 Å². The van der Waals surface area contributed by atoms with Gasteiger partial charge in [-0.15, -0.1) is 10.2 Å². The molecule has 0 radical (unpaired) electrons. The zero-order valence-electron chi connectivity index (χ0n) is 18.9. The Bertz CT molecular complexity index is 1320. The molecule has 0 bridgehead atoms. The highest BCUT2D eigenvalue weighted by molar-refractivity contribution is 9.10. The summed E-state index contributed by atoms with van der Waals surface area (Å²) in [5.74, 6) is 1.21. The number of carbonyl (C=O) groups excluding carboxylic acids is 1. The van der Waals surface area contributed by atoms with Crippen LogP contribution in [0.5, 0.6) is 11.5 Å². The average Bonchev–Trinajstić information content (AvgIpc) is 3.29. The largest absolute Gasteiger partial charge is 0.493 e. The molecule has 0 saturated heterocycles. The molecule has 0 aliphatic rings. The molecule has 4 rings (SSSR count). The lowest BCUT2D eigenvalue weighted by Crippen LogP contribution is -2.15. The van der Waals surface area contributed by atoms with Crippen LogP contribution in [0.2, 0.25) is 0 Å². The molecule has 3 aromatic carbocycles. The smallest absolute Gasteiger partial charge is 0.234 e. The molecule has 180 valence electrons. The van der Waals surface area contributed by atoms with Crippen molar-refractivity contribution in [3.8, 4) is 17.2 Å². The zero-order chi connectivity index (χ0) is 24.8. The van der Waals surface area contributed by atoms with E-state index in [0.29, 0.717) is 32.6 Å². The fourth-order valence-corrected chi connectivity index (χ4v) is 4.53. The van der Waals surface area contributed by atoms with Crippen LogP contribution in [0.4, 0.5) is 10.1 Å². The maximum Gasteiger partial charge on any atom is 0.234 e. The lowest BCUT2D eigenvalue weighted by atomic mass is 10.3. The average molecular weight is 557 g/mol. The lowest BCUT2D eigenvalue weighted by Gasteiger charge is -2.18. The van der Waals surface area contributed by atoms with Gasteiger partial charge in [-0.3, -0.25) is 9.36 Å². The lowest BCUT2D eigenvalue weighted by molar-refractivity contribution is -0.113. The Morgan fingerprint density at radius 2 is 1.80 bits per heavy atom. The normalized spacial score (nSPS) is 11.7. The molecular weight excluding hydrogens is 535 g/mol. The number of anilines is 1. The maximum atomic E-state index is 13.3. The van der Waals surface area contributed by atoms with Crippen LogP contribution in [0.15, 0.2) is 82.4 Å². The van der Waals surface area contributed by atoms with Crippen LogP contribution < -0.4 is 14.8 Å². The van der Waals surface area contributed by atoms with Gasteiger partial charge in [0.2, 0.25) is 5.91 Å². The Balaban J connectivity index is 1.55. The monoisotopic (exact) mass is 556 g/mol. The first-order valence-corrected chi connectivity index (χ1v) is 12.4. The Hall–Kier alpha value is -3.37. The van der Waals surface area contributed by atoms with E-state index in [-0.39, 0.29) is 11.7 Å². The summed E-state index contributed by atoms with van der Waals surface area (Å²) in [5, 5.41) is 12.0. The van der Waals surface area contributed by atoms with E-state index in [0.717, 1.165) is 5.69 Å². The quantitative estimate of drug-likeness (QED) is 0.253. The Morgan fingerprint density at radius 3 is 2.51 bits per heavy atom. The molecule has 0 aliphatic heterocycles. The number of nitrogens with zero attached hydrogens (tertiary/aromatic N) is 3. The summed E-state index contributed by atoms with van der Waals surface area (Å²) in [6.45, 7) is 1.88. The first-order valence-electron chi connectivity index (χ1n) is 10.6. The van der Waals surface area contributed by atoms with E-state index < -0.39 is 11.9 Å². The van der Waals surface area contributed by atoms with Crippen LogP contribution in [0.3, 0.4) is 0 Å². The minimum absolute atomic E-state index is 0.0799. The van der Waals surface area contributed by atoms with Gasteiger partial charge in [-0.1, -0.05) is 42.1 Å². The molecule has 1 N–H and O–H groups in total. The molecule has 1 amide bonds. The van der Waals surface area contributed by atoms with Crippen molar-refractivity contribution in [3.63, 3.8) is 0 Å². The molecular formula is C25H22BrFN4O3S. The number of hydrogen-bond acceptors (Lipinski definition) is 6. The molecule has 0 spiro atoms. The van der Waals surface area contributed by atoms with E-state index in [1.165, 1.54) is 30.0 Å². The third-order valence-corrected chi connectivity index (χ3v) is 6.53. The topological polar surface area (TPSA) is 78.3 Å². The van der Waals surface area contributed by atoms with Crippen molar-refractivity contribution in [1.82, 2.24) is 14.8 Å². The van der Waals surface area contributed by atoms with Crippen molar-refractivity contribution in [2.75, 3.05) is 18.2 Å². The standard InChI is InChI=1S/C25H22BrFN4O3S/c1-16(34-22-11-7-6-10-21(22)33-2)24-29-30-25(31(24)18-8-4-3-5-9-18)35-15-23(32)28-20-13-12-17(27)14-19(20)26/h3-14,16H,15H2,1-2H3,(H,28,32). The SMILES string of the molecule is COc1ccccc1OC(C)c1nnc(SCC(=O)Nc2ccc(F)cc2Br)n1-c1ccccc1. The number of hydrogen-bond donors (Lipinski definition) is 1. The van der Waals surface area contributed by atoms with E-state index in [4.69, 9.17) is 9.47 Å². The molecule has 35 heavy (non-hydrogen) atoms. The second-order valence-corrected chi connectivity index (χ2v) is 9.18. The number of amides is 1. The summed E-state index contributed by atoms with van der Waals surface area (Å²) >= 11 is 4.50. The predicted octanol–water partition coefficient (Wildman–Crippen LogP) is 6.05. The van der Waals surface area contributed by atoms with Crippen LogP contribution in [0, 0.1) is 5.82 Å². The molecule has 10 heteroatoms. The number of methoxy groups -OCH3 is 1. The number of rotatable bonds is 9. The summed E-state index contributed by atoms with van der Waals surface area (Å²) in [4.78, 5) is 12.6. The number of benzene rings is 3. The number of para-hydroxylation sites is 3. The van der Waals surface area contributed by atoms with E-state index in [2.05, 4.69) is 31.4 Å². The second-order valence-electron chi connectivity index (χ2n) is 7.38. The maximum absolute atomic E-state index is 13.3. The molecule has 4 aromatic rings. The molecule has 7 nitrogen and oxygen atoms in total. The zero-order valence-corrected chi connectivity index (χ0v) is 21.3. The summed E-state index contributed by atoms with van der Waals surface area (Å²) < 4.78 is 27.2. The molecule has 0 fully saturated rings. The van der Waals surface area contributed by atoms with Gasteiger partial charge < -0.3 is 14.8 Å². The number of halogens is 2. The van der Waals surface area contributed by atoms with Crippen molar-refractivity contribution < 1.29 is 18.7 Å². The molecule has 1 atom stereocenters. The highest BCUT2D eigenvalue weighted by Crippen LogP contribution is 2.32. The Morgan fingerprint density at radius 1 is 1.09 bits per heavy atom. The number of ether oxygens (including phenoxy) is 2. The van der Waals surface area contributed by atoms with Crippen molar-refractivity contribution in [2.24, 2.45) is 0 Å². The molecule has 1 unspecified atom stereocenters. The van der Waals surface area contributed by atoms with Crippen LogP contribution in [0.1, 0.15) is 18.9 Å². The predicted molar refractivity (Wildman–Crippen MR) is 137 cm³/mol. The van der Waals surface area contributed by atoms with Gasteiger partial charge >= 0.3 is 0 Å². The van der Waals surface area contributed by atoms with Gasteiger partial charge in [0.1, 0.15) is 5.82 Å².